The van der Waals surface area contributed by atoms with E-state index in [4.69, 9.17) is 21.7 Å². The molecular formula is C24H29ClN6O. The molecule has 7 nitrogen and oxygen atoms in total. The van der Waals surface area contributed by atoms with Crippen LogP contribution in [0.2, 0.25) is 5.02 Å². The number of aromatic nitrogens is 3. The number of amides is 1. The van der Waals surface area contributed by atoms with Gasteiger partial charge in [-0.15, -0.1) is 0 Å². The van der Waals surface area contributed by atoms with E-state index in [9.17, 15) is 4.79 Å². The second-order valence-electron chi connectivity index (χ2n) is 8.74. The fourth-order valence-corrected chi connectivity index (χ4v) is 4.72. The second-order valence-corrected chi connectivity index (χ2v) is 9.17. The van der Waals surface area contributed by atoms with Gasteiger partial charge in [0.1, 0.15) is 5.82 Å². The first-order valence-corrected chi connectivity index (χ1v) is 11.9. The van der Waals surface area contributed by atoms with Crippen LogP contribution < -0.4 is 15.5 Å². The van der Waals surface area contributed by atoms with E-state index in [1.54, 1.807) is 0 Å². The Morgan fingerprint density at radius 1 is 1.09 bits per heavy atom. The van der Waals surface area contributed by atoms with Gasteiger partial charge in [-0.3, -0.25) is 4.79 Å². The van der Waals surface area contributed by atoms with Gasteiger partial charge in [-0.2, -0.15) is 5.10 Å². The van der Waals surface area contributed by atoms with Crippen LogP contribution >= 0.6 is 11.6 Å². The molecule has 0 unspecified atom stereocenters. The zero-order chi connectivity index (χ0) is 21.9. The summed E-state index contributed by atoms with van der Waals surface area (Å²) in [6, 6.07) is 11.9. The number of benzene rings is 1. The van der Waals surface area contributed by atoms with Gasteiger partial charge in [0.2, 0.25) is 0 Å². The molecule has 0 spiro atoms. The van der Waals surface area contributed by atoms with E-state index < -0.39 is 0 Å². The zero-order valence-electron chi connectivity index (χ0n) is 18.2. The number of nitrogens with zero attached hydrogens (tertiary/aromatic N) is 4. The molecule has 2 saturated heterocycles. The number of carbonyl (C=O) groups excluding carboxylic acids is 1. The summed E-state index contributed by atoms with van der Waals surface area (Å²) < 4.78 is 1.85. The van der Waals surface area contributed by atoms with Gasteiger partial charge < -0.3 is 15.5 Å². The molecule has 0 radical (unpaired) electrons. The first kappa shape index (κ1) is 21.2. The van der Waals surface area contributed by atoms with Gasteiger partial charge in [0, 0.05) is 30.7 Å². The Bertz CT molecular complexity index is 1080. The van der Waals surface area contributed by atoms with Crippen molar-refractivity contribution in [2.75, 3.05) is 31.1 Å². The predicted molar refractivity (Wildman–Crippen MR) is 128 cm³/mol. The molecule has 0 bridgehead atoms. The summed E-state index contributed by atoms with van der Waals surface area (Å²) in [7, 11) is 0. The Morgan fingerprint density at radius 3 is 2.59 bits per heavy atom. The zero-order valence-corrected chi connectivity index (χ0v) is 18.9. The fraction of sp³-hybridized carbons (Fsp3) is 0.458. The van der Waals surface area contributed by atoms with E-state index in [0.717, 1.165) is 55.0 Å². The Hall–Kier alpha value is -2.64. The Kier molecular flexibility index (Phi) is 6.28. The predicted octanol–water partition coefficient (Wildman–Crippen LogP) is 3.61. The van der Waals surface area contributed by atoms with E-state index in [2.05, 4.69) is 15.5 Å². The lowest BCUT2D eigenvalue weighted by atomic mass is 10.2. The molecule has 1 atom stereocenters. The maximum Gasteiger partial charge on any atom is 0.272 e. The van der Waals surface area contributed by atoms with Crippen LogP contribution in [0.3, 0.4) is 0 Å². The molecule has 2 aliphatic heterocycles. The van der Waals surface area contributed by atoms with Crippen molar-refractivity contribution < 1.29 is 4.79 Å². The molecule has 1 aromatic carbocycles. The summed E-state index contributed by atoms with van der Waals surface area (Å²) >= 11 is 6.06. The molecule has 2 aliphatic rings. The Morgan fingerprint density at radius 2 is 1.88 bits per heavy atom. The van der Waals surface area contributed by atoms with Gasteiger partial charge in [-0.1, -0.05) is 36.6 Å². The molecule has 0 saturated carbocycles. The van der Waals surface area contributed by atoms with Crippen molar-refractivity contribution in [2.24, 2.45) is 0 Å². The second kappa shape index (κ2) is 9.46. The van der Waals surface area contributed by atoms with Crippen molar-refractivity contribution in [2.45, 2.75) is 44.7 Å². The Balaban J connectivity index is 1.51. The maximum atomic E-state index is 13.1. The molecule has 2 fully saturated rings. The molecular weight excluding hydrogens is 424 g/mol. The molecule has 2 N–H and O–H groups in total. The minimum absolute atomic E-state index is 0.136. The van der Waals surface area contributed by atoms with Crippen LogP contribution in [0.4, 0.5) is 5.82 Å². The molecule has 3 aromatic rings. The highest BCUT2D eigenvalue weighted by atomic mass is 35.5. The number of fused-ring (bicyclic) bond motifs is 1. The largest absolute Gasteiger partial charge is 0.357 e. The van der Waals surface area contributed by atoms with Crippen LogP contribution in [-0.4, -0.2) is 52.9 Å². The maximum absolute atomic E-state index is 13.1. The van der Waals surface area contributed by atoms with Crippen molar-refractivity contribution in [1.29, 1.82) is 0 Å². The number of hydrogen-bond acceptors (Lipinski definition) is 5. The van der Waals surface area contributed by atoms with Crippen molar-refractivity contribution in [3.8, 4) is 0 Å². The van der Waals surface area contributed by atoms with Gasteiger partial charge in [0.05, 0.1) is 11.9 Å². The van der Waals surface area contributed by atoms with E-state index in [1.807, 2.05) is 41.1 Å². The number of nitrogens with one attached hydrogen (secondary N) is 2. The van der Waals surface area contributed by atoms with Crippen molar-refractivity contribution >= 4 is 34.4 Å². The molecule has 2 aromatic heterocycles. The number of rotatable bonds is 5. The van der Waals surface area contributed by atoms with E-state index in [0.29, 0.717) is 17.3 Å². The Labute approximate surface area is 193 Å². The molecule has 4 heterocycles. The van der Waals surface area contributed by atoms with Crippen LogP contribution in [0.15, 0.2) is 36.4 Å². The molecule has 0 aliphatic carbocycles. The third-order valence-electron chi connectivity index (χ3n) is 6.37. The van der Waals surface area contributed by atoms with Gasteiger partial charge in [-0.05, 0) is 55.6 Å². The van der Waals surface area contributed by atoms with Gasteiger partial charge >= 0.3 is 0 Å². The summed E-state index contributed by atoms with van der Waals surface area (Å²) in [5.41, 5.74) is 2.25. The number of hydrogen-bond donors (Lipinski definition) is 2. The highest BCUT2D eigenvalue weighted by molar-refractivity contribution is 6.30. The lowest BCUT2D eigenvalue weighted by Crippen LogP contribution is -2.36. The average Bonchev–Trinajstić information content (AvgIpc) is 3.34. The number of halogens is 1. The van der Waals surface area contributed by atoms with Crippen molar-refractivity contribution in [3.63, 3.8) is 0 Å². The minimum Gasteiger partial charge on any atom is -0.357 e. The van der Waals surface area contributed by atoms with E-state index >= 15 is 0 Å². The fourth-order valence-electron chi connectivity index (χ4n) is 4.59. The molecule has 8 heteroatoms. The quantitative estimate of drug-likeness (QED) is 0.618. The van der Waals surface area contributed by atoms with Crippen molar-refractivity contribution in [3.05, 3.63) is 52.7 Å². The van der Waals surface area contributed by atoms with Crippen molar-refractivity contribution in [1.82, 2.24) is 25.4 Å². The summed E-state index contributed by atoms with van der Waals surface area (Å²) in [5.74, 6) is 0.825. The average molecular weight is 453 g/mol. The first-order valence-electron chi connectivity index (χ1n) is 11.6. The van der Waals surface area contributed by atoms with Crippen LogP contribution in [0.25, 0.3) is 11.0 Å². The van der Waals surface area contributed by atoms with Gasteiger partial charge in [0.25, 0.3) is 5.91 Å². The normalized spacial score (nSPS) is 19.3. The summed E-state index contributed by atoms with van der Waals surface area (Å²) in [6.45, 7) is 4.30. The number of anilines is 1. The van der Waals surface area contributed by atoms with Gasteiger partial charge in [-0.25, -0.2) is 9.67 Å². The third kappa shape index (κ3) is 4.59. The highest BCUT2D eigenvalue weighted by Crippen LogP contribution is 2.25. The smallest absolute Gasteiger partial charge is 0.272 e. The number of carbonyl (C=O) groups is 1. The van der Waals surface area contributed by atoms with Crippen LogP contribution in [0, 0.1) is 0 Å². The van der Waals surface area contributed by atoms with E-state index in [1.165, 1.54) is 25.7 Å². The summed E-state index contributed by atoms with van der Waals surface area (Å²) in [5, 5.41) is 12.6. The first-order chi connectivity index (χ1) is 15.7. The SMILES string of the molecule is O=C(N[C@H]1CCNC1)c1nn(Cc2ccc(Cl)cc2)c2nc(N3CCCCCC3)ccc12. The number of pyridine rings is 1. The lowest BCUT2D eigenvalue weighted by molar-refractivity contribution is 0.0936. The molecule has 168 valence electrons. The summed E-state index contributed by atoms with van der Waals surface area (Å²) in [6.07, 6.45) is 5.85. The molecule has 1 amide bonds. The van der Waals surface area contributed by atoms with Gasteiger partial charge in [0.15, 0.2) is 11.3 Å². The van der Waals surface area contributed by atoms with Crippen LogP contribution in [0.1, 0.15) is 48.2 Å². The monoisotopic (exact) mass is 452 g/mol. The van der Waals surface area contributed by atoms with Crippen LogP contribution in [0.5, 0.6) is 0 Å². The minimum atomic E-state index is -0.136. The van der Waals surface area contributed by atoms with E-state index in [-0.39, 0.29) is 11.9 Å². The third-order valence-corrected chi connectivity index (χ3v) is 6.62. The van der Waals surface area contributed by atoms with Crippen LogP contribution in [-0.2, 0) is 6.54 Å². The highest BCUT2D eigenvalue weighted by Gasteiger charge is 2.24. The topological polar surface area (TPSA) is 75.1 Å². The molecule has 32 heavy (non-hydrogen) atoms. The lowest BCUT2D eigenvalue weighted by Gasteiger charge is -2.21. The summed E-state index contributed by atoms with van der Waals surface area (Å²) in [4.78, 5) is 20.4. The molecule has 5 rings (SSSR count). The standard InChI is InChI=1S/C24H29ClN6O/c25-18-7-5-17(6-8-18)16-31-23-20(22(29-31)24(32)27-19-11-12-26-15-19)9-10-21(28-23)30-13-3-1-2-4-14-30/h5-10,19,26H,1-4,11-16H2,(H,27,32)/t19-/m0/s1.